The van der Waals surface area contributed by atoms with Gasteiger partial charge in [0.2, 0.25) is 0 Å². The lowest BCUT2D eigenvalue weighted by atomic mass is 9.70. The lowest BCUT2D eigenvalue weighted by Gasteiger charge is -2.31. The maximum atomic E-state index is 2.49. The molecule has 10 aromatic carbocycles. The second-order valence-electron chi connectivity index (χ2n) is 18.4. The van der Waals surface area contributed by atoms with Crippen LogP contribution in [0, 0.1) is 0 Å². The van der Waals surface area contributed by atoms with Gasteiger partial charge in [-0.1, -0.05) is 208 Å². The van der Waals surface area contributed by atoms with Crippen molar-refractivity contribution in [3.05, 3.63) is 270 Å². The van der Waals surface area contributed by atoms with Gasteiger partial charge in [-0.3, -0.25) is 0 Å². The highest BCUT2D eigenvalue weighted by Gasteiger charge is 2.51. The Morgan fingerprint density at radius 3 is 1.34 bits per heavy atom. The molecule has 0 unspecified atom stereocenters. The quantitative estimate of drug-likeness (QED) is 0.161. The van der Waals surface area contributed by atoms with E-state index in [4.69, 9.17) is 0 Å². The molecule has 0 aliphatic heterocycles. The van der Waals surface area contributed by atoms with Crippen molar-refractivity contribution in [1.82, 2.24) is 0 Å². The zero-order valence-electron chi connectivity index (χ0n) is 36.5. The predicted octanol–water partition coefficient (Wildman–Crippen LogP) is 16.8. The normalized spacial score (nSPS) is 13.9. The first-order chi connectivity index (χ1) is 32.0. The van der Waals surface area contributed by atoms with E-state index in [0.717, 1.165) is 11.4 Å². The molecular weight excluding hydrogens is 783 g/mol. The lowest BCUT2D eigenvalue weighted by molar-refractivity contribution is 0.660. The van der Waals surface area contributed by atoms with Gasteiger partial charge in [0.25, 0.3) is 0 Å². The molecule has 0 atom stereocenters. The summed E-state index contributed by atoms with van der Waals surface area (Å²) >= 11 is 0. The van der Waals surface area contributed by atoms with Gasteiger partial charge in [0, 0.05) is 22.4 Å². The summed E-state index contributed by atoms with van der Waals surface area (Å²) in [7, 11) is 0. The van der Waals surface area contributed by atoms with Crippen LogP contribution in [-0.2, 0) is 10.8 Å². The second kappa shape index (κ2) is 14.3. The van der Waals surface area contributed by atoms with Crippen LogP contribution in [0.1, 0.15) is 47.2 Å². The minimum Gasteiger partial charge on any atom is -0.310 e. The number of hydrogen-bond donors (Lipinski definition) is 0. The molecule has 1 heteroatoms. The monoisotopic (exact) mass is 827 g/mol. The van der Waals surface area contributed by atoms with Gasteiger partial charge in [0.05, 0.1) is 11.1 Å². The summed E-state index contributed by atoms with van der Waals surface area (Å²) in [5.41, 5.74) is 26.2. The molecule has 0 saturated heterocycles. The van der Waals surface area contributed by atoms with E-state index in [-0.39, 0.29) is 5.41 Å². The molecule has 13 rings (SSSR count). The van der Waals surface area contributed by atoms with Gasteiger partial charge >= 0.3 is 0 Å². The molecule has 0 saturated carbocycles. The number of nitrogens with zero attached hydrogens (tertiary/aromatic N) is 1. The number of rotatable bonds is 6. The number of anilines is 3. The molecule has 0 heterocycles. The summed E-state index contributed by atoms with van der Waals surface area (Å²) < 4.78 is 0. The van der Waals surface area contributed by atoms with Crippen molar-refractivity contribution in [2.75, 3.05) is 4.90 Å². The van der Waals surface area contributed by atoms with Gasteiger partial charge in [0.15, 0.2) is 0 Å². The molecule has 3 aliphatic carbocycles. The summed E-state index contributed by atoms with van der Waals surface area (Å²) in [6, 6.07) is 88.1. The van der Waals surface area contributed by atoms with Crippen LogP contribution in [-0.4, -0.2) is 0 Å². The van der Waals surface area contributed by atoms with E-state index < -0.39 is 5.41 Å². The molecule has 0 fully saturated rings. The van der Waals surface area contributed by atoms with E-state index in [1.54, 1.807) is 0 Å². The average Bonchev–Trinajstić information content (AvgIpc) is 3.93. The van der Waals surface area contributed by atoms with Crippen molar-refractivity contribution in [2.24, 2.45) is 0 Å². The van der Waals surface area contributed by atoms with Gasteiger partial charge in [-0.25, -0.2) is 0 Å². The summed E-state index contributed by atoms with van der Waals surface area (Å²) in [6.07, 6.45) is 0. The van der Waals surface area contributed by atoms with Crippen LogP contribution >= 0.6 is 0 Å². The molecule has 1 nitrogen and oxygen atoms in total. The van der Waals surface area contributed by atoms with Gasteiger partial charge in [-0.05, 0) is 137 Å². The molecule has 65 heavy (non-hydrogen) atoms. The Hall–Kier alpha value is -8.00. The molecule has 0 bridgehead atoms. The summed E-state index contributed by atoms with van der Waals surface area (Å²) in [4.78, 5) is 2.46. The van der Waals surface area contributed by atoms with Crippen LogP contribution in [0.25, 0.3) is 66.8 Å². The van der Waals surface area contributed by atoms with Crippen LogP contribution in [0.2, 0.25) is 0 Å². The summed E-state index contributed by atoms with van der Waals surface area (Å²) in [5, 5.41) is 0. The highest BCUT2D eigenvalue weighted by Crippen LogP contribution is 2.63. The van der Waals surface area contributed by atoms with E-state index in [1.807, 2.05) is 0 Å². The SMILES string of the molecule is CC1(C)c2ccccc2-c2c(N(c3ccc(-c4ccccc4)cc3)c3ccc(-c4ccc5c(c4)C4(c6ccccc6-c6ccccc64)c4ccc(-c6ccccc6)cc4-5)cc3)cccc21. The maximum absolute atomic E-state index is 2.49. The van der Waals surface area contributed by atoms with Crippen molar-refractivity contribution in [3.63, 3.8) is 0 Å². The highest BCUT2D eigenvalue weighted by molar-refractivity contribution is 5.98. The number of hydrogen-bond acceptors (Lipinski definition) is 1. The second-order valence-corrected chi connectivity index (χ2v) is 18.4. The number of benzene rings is 10. The van der Waals surface area contributed by atoms with Crippen LogP contribution < -0.4 is 4.90 Å². The summed E-state index contributed by atoms with van der Waals surface area (Å²) in [5.74, 6) is 0. The third kappa shape index (κ3) is 5.46. The Morgan fingerprint density at radius 2 is 0.708 bits per heavy atom. The minimum absolute atomic E-state index is 0.108. The van der Waals surface area contributed by atoms with Crippen LogP contribution in [0.3, 0.4) is 0 Å². The van der Waals surface area contributed by atoms with E-state index in [9.17, 15) is 0 Å². The Balaban J connectivity index is 0.967. The van der Waals surface area contributed by atoms with Crippen molar-refractivity contribution in [3.8, 4) is 66.8 Å². The lowest BCUT2D eigenvalue weighted by Crippen LogP contribution is -2.25. The predicted molar refractivity (Wildman–Crippen MR) is 271 cm³/mol. The fraction of sp³-hybridized carbons (Fsp3) is 0.0625. The van der Waals surface area contributed by atoms with Gasteiger partial charge < -0.3 is 4.90 Å². The molecular formula is C64H45N. The summed E-state index contributed by atoms with van der Waals surface area (Å²) in [6.45, 7) is 4.72. The topological polar surface area (TPSA) is 3.24 Å². The maximum Gasteiger partial charge on any atom is 0.0725 e. The fourth-order valence-electron chi connectivity index (χ4n) is 11.7. The van der Waals surface area contributed by atoms with Gasteiger partial charge in [0.1, 0.15) is 0 Å². The Labute approximate surface area is 381 Å². The molecule has 0 N–H and O–H groups in total. The van der Waals surface area contributed by atoms with Crippen LogP contribution in [0.5, 0.6) is 0 Å². The van der Waals surface area contributed by atoms with E-state index in [2.05, 4.69) is 255 Å². The third-order valence-corrected chi connectivity index (χ3v) is 14.7. The highest BCUT2D eigenvalue weighted by atomic mass is 15.1. The molecule has 3 aliphatic rings. The Kier molecular flexibility index (Phi) is 8.24. The molecule has 0 radical (unpaired) electrons. The standard InChI is InChI=1S/C64H45N/c1-63(2)55-23-12-11-22-53(55)62-59(63)26-15-27-61(62)65(48-34-28-44(29-35-48)42-16-5-3-6-17-42)49-36-30-45(31-37-49)47-32-38-52-54-40-46(43-18-7-4-8-19-43)33-39-58(54)64(60(52)41-47)56-24-13-9-20-50(56)51-21-10-14-25-57(51)64/h3-41H,1-2H3. The Bertz CT molecular complexity index is 3440. The van der Waals surface area contributed by atoms with Crippen LogP contribution in [0.15, 0.2) is 237 Å². The van der Waals surface area contributed by atoms with Gasteiger partial charge in [-0.2, -0.15) is 0 Å². The minimum atomic E-state index is -0.427. The van der Waals surface area contributed by atoms with E-state index in [1.165, 1.54) is 106 Å². The molecule has 0 aromatic heterocycles. The largest absolute Gasteiger partial charge is 0.310 e. The number of fused-ring (bicyclic) bond motifs is 13. The van der Waals surface area contributed by atoms with Crippen molar-refractivity contribution in [2.45, 2.75) is 24.7 Å². The van der Waals surface area contributed by atoms with E-state index in [0.29, 0.717) is 0 Å². The first-order valence-electron chi connectivity index (χ1n) is 22.8. The van der Waals surface area contributed by atoms with Crippen molar-refractivity contribution < 1.29 is 0 Å². The Morgan fingerprint density at radius 1 is 0.277 bits per heavy atom. The zero-order chi connectivity index (χ0) is 43.3. The molecule has 0 amide bonds. The van der Waals surface area contributed by atoms with Crippen molar-refractivity contribution >= 4 is 17.1 Å². The smallest absolute Gasteiger partial charge is 0.0725 e. The first-order valence-corrected chi connectivity index (χ1v) is 22.8. The average molecular weight is 828 g/mol. The van der Waals surface area contributed by atoms with Crippen LogP contribution in [0.4, 0.5) is 17.1 Å². The van der Waals surface area contributed by atoms with Gasteiger partial charge in [-0.15, -0.1) is 0 Å². The van der Waals surface area contributed by atoms with E-state index >= 15 is 0 Å². The molecule has 10 aromatic rings. The zero-order valence-corrected chi connectivity index (χ0v) is 36.5. The molecule has 1 spiro atoms. The first kappa shape index (κ1) is 37.5. The van der Waals surface area contributed by atoms with Crippen molar-refractivity contribution in [1.29, 1.82) is 0 Å². The molecule has 306 valence electrons. The third-order valence-electron chi connectivity index (χ3n) is 14.7. The fourth-order valence-corrected chi connectivity index (χ4v) is 11.7.